The van der Waals surface area contributed by atoms with E-state index in [1.807, 2.05) is 48.8 Å². The maximum Gasteiger partial charge on any atom is 0.179 e. The molecule has 0 fully saturated rings. The van der Waals surface area contributed by atoms with Crippen LogP contribution in [0.25, 0.3) is 22.5 Å². The van der Waals surface area contributed by atoms with Gasteiger partial charge in [0, 0.05) is 47.3 Å². The quantitative estimate of drug-likeness (QED) is 0.296. The highest BCUT2D eigenvalue weighted by atomic mass is 15.5. The van der Waals surface area contributed by atoms with Crippen molar-refractivity contribution in [1.29, 1.82) is 0 Å². The van der Waals surface area contributed by atoms with E-state index >= 15 is 0 Å². The third-order valence-electron chi connectivity index (χ3n) is 6.22. The molecule has 170 valence electrons. The number of hydrogen-bond donors (Lipinski definition) is 0. The summed E-state index contributed by atoms with van der Waals surface area (Å²) in [6, 6.07) is 28.7. The van der Waals surface area contributed by atoms with Crippen LogP contribution in [0.15, 0.2) is 110 Å². The second-order valence-electron chi connectivity index (χ2n) is 8.35. The highest BCUT2D eigenvalue weighted by molar-refractivity contribution is 5.89. The highest BCUT2D eigenvalue weighted by Gasteiger charge is 2.40. The van der Waals surface area contributed by atoms with Crippen LogP contribution < -0.4 is 9.80 Å². The first-order chi connectivity index (χ1) is 17.3. The van der Waals surface area contributed by atoms with Crippen LogP contribution in [0.2, 0.25) is 0 Å². The van der Waals surface area contributed by atoms with E-state index < -0.39 is 0 Å². The second kappa shape index (κ2) is 8.99. The number of hydrogen-bond acceptors (Lipinski definition) is 6. The van der Waals surface area contributed by atoms with Crippen molar-refractivity contribution in [3.63, 3.8) is 0 Å². The molecule has 0 amide bonds. The lowest BCUT2D eigenvalue weighted by Gasteiger charge is -2.31. The van der Waals surface area contributed by atoms with Gasteiger partial charge in [0.05, 0.1) is 0 Å². The Bertz CT molecular complexity index is 1320. The average Bonchev–Trinajstić information content (AvgIpc) is 3.27. The van der Waals surface area contributed by atoms with E-state index in [1.54, 1.807) is 12.4 Å². The number of anilines is 4. The van der Waals surface area contributed by atoms with E-state index in [0.29, 0.717) is 0 Å². The van der Waals surface area contributed by atoms with Crippen LogP contribution in [-0.4, -0.2) is 26.1 Å². The fraction of sp³-hybridized carbons (Fsp3) is 0.103. The zero-order valence-corrected chi connectivity index (χ0v) is 19.4. The molecule has 2 aromatic carbocycles. The molecule has 1 aliphatic heterocycles. The van der Waals surface area contributed by atoms with Crippen molar-refractivity contribution in [3.8, 4) is 22.5 Å². The summed E-state index contributed by atoms with van der Waals surface area (Å²) in [7, 11) is 0. The third-order valence-corrected chi connectivity index (χ3v) is 6.22. The summed E-state index contributed by atoms with van der Waals surface area (Å²) in [5.74, 6) is 1.66. The summed E-state index contributed by atoms with van der Waals surface area (Å²) in [6.07, 6.45) is 8.13. The van der Waals surface area contributed by atoms with Gasteiger partial charge in [0.1, 0.15) is 17.6 Å². The van der Waals surface area contributed by atoms with Gasteiger partial charge in [-0.05, 0) is 55.0 Å². The molecular formula is C29H24N6. The Morgan fingerprint density at radius 3 is 1.43 bits per heavy atom. The standard InChI is InChI=1S/C29H24N6/c1-2-25-34(23-13-5-3-6-14-23)28-29(35(25)24-15-7-4-8-16-24)33-27(22-12-10-18-31-20-22)26(32-28)21-11-9-17-30-19-21/h3-20,25H,2H2,1H3. The number of pyridine rings is 2. The highest BCUT2D eigenvalue weighted by Crippen LogP contribution is 2.48. The molecule has 0 saturated heterocycles. The Morgan fingerprint density at radius 2 is 1.06 bits per heavy atom. The van der Waals surface area contributed by atoms with E-state index in [4.69, 9.17) is 9.97 Å². The maximum absolute atomic E-state index is 5.29. The smallest absolute Gasteiger partial charge is 0.179 e. The number of nitrogens with zero attached hydrogens (tertiary/aromatic N) is 6. The largest absolute Gasteiger partial charge is 0.302 e. The normalized spacial score (nSPS) is 13.2. The summed E-state index contributed by atoms with van der Waals surface area (Å²) >= 11 is 0. The molecule has 35 heavy (non-hydrogen) atoms. The molecule has 0 bridgehead atoms. The zero-order valence-electron chi connectivity index (χ0n) is 19.4. The fourth-order valence-electron chi connectivity index (χ4n) is 4.68. The van der Waals surface area contributed by atoms with Crippen LogP contribution in [0.3, 0.4) is 0 Å². The second-order valence-corrected chi connectivity index (χ2v) is 8.35. The van der Waals surface area contributed by atoms with Crippen LogP contribution in [0, 0.1) is 0 Å². The molecule has 6 rings (SSSR count). The Kier molecular flexibility index (Phi) is 5.39. The van der Waals surface area contributed by atoms with E-state index in [1.165, 1.54) is 0 Å². The van der Waals surface area contributed by atoms with Gasteiger partial charge in [-0.1, -0.05) is 43.3 Å². The molecule has 0 spiro atoms. The van der Waals surface area contributed by atoms with Crippen LogP contribution in [0.1, 0.15) is 13.3 Å². The minimum atomic E-state index is 0.0284. The third kappa shape index (κ3) is 3.69. The van der Waals surface area contributed by atoms with Gasteiger partial charge in [0.25, 0.3) is 0 Å². The lowest BCUT2D eigenvalue weighted by atomic mass is 10.1. The van der Waals surface area contributed by atoms with Gasteiger partial charge in [-0.2, -0.15) is 0 Å². The molecule has 0 radical (unpaired) electrons. The van der Waals surface area contributed by atoms with Crippen LogP contribution in [-0.2, 0) is 0 Å². The van der Waals surface area contributed by atoms with E-state index in [2.05, 4.69) is 75.2 Å². The molecule has 6 nitrogen and oxygen atoms in total. The van der Waals surface area contributed by atoms with Gasteiger partial charge >= 0.3 is 0 Å². The van der Waals surface area contributed by atoms with Crippen molar-refractivity contribution >= 4 is 23.0 Å². The molecule has 4 heterocycles. The van der Waals surface area contributed by atoms with Gasteiger partial charge in [-0.3, -0.25) is 9.97 Å². The van der Waals surface area contributed by atoms with Gasteiger partial charge in [0.15, 0.2) is 11.6 Å². The molecule has 0 aliphatic carbocycles. The van der Waals surface area contributed by atoms with Crippen LogP contribution in [0.4, 0.5) is 23.0 Å². The molecule has 1 aliphatic rings. The molecular weight excluding hydrogens is 432 g/mol. The maximum atomic E-state index is 5.29. The number of aromatic nitrogens is 4. The number of benzene rings is 2. The van der Waals surface area contributed by atoms with Crippen molar-refractivity contribution < 1.29 is 0 Å². The summed E-state index contributed by atoms with van der Waals surface area (Å²) in [5.41, 5.74) is 5.58. The monoisotopic (exact) mass is 456 g/mol. The predicted molar refractivity (Wildman–Crippen MR) is 140 cm³/mol. The van der Waals surface area contributed by atoms with Crippen molar-refractivity contribution in [2.45, 2.75) is 19.5 Å². The number of para-hydroxylation sites is 2. The number of rotatable bonds is 5. The average molecular weight is 457 g/mol. The van der Waals surface area contributed by atoms with Crippen LogP contribution in [0.5, 0.6) is 0 Å². The molecule has 0 atom stereocenters. The number of fused-ring (bicyclic) bond motifs is 1. The Labute approximate surface area is 204 Å². The summed E-state index contributed by atoms with van der Waals surface area (Å²) < 4.78 is 0. The fourth-order valence-corrected chi connectivity index (χ4v) is 4.68. The Hall–Kier alpha value is -4.58. The van der Waals surface area contributed by atoms with Gasteiger partial charge in [-0.15, -0.1) is 0 Å². The molecule has 6 heteroatoms. The van der Waals surface area contributed by atoms with E-state index in [9.17, 15) is 0 Å². The SMILES string of the molecule is CCC1N(c2ccccc2)c2nc(-c3cccnc3)c(-c3cccnc3)nc2N1c1ccccc1. The molecule has 3 aromatic heterocycles. The first kappa shape index (κ1) is 21.0. The Balaban J connectivity index is 1.65. The molecule has 0 N–H and O–H groups in total. The summed E-state index contributed by atoms with van der Waals surface area (Å²) in [5, 5.41) is 0. The lowest BCUT2D eigenvalue weighted by molar-refractivity contribution is 0.662. The molecule has 0 saturated carbocycles. The van der Waals surface area contributed by atoms with Gasteiger partial charge < -0.3 is 9.80 Å². The molecule has 5 aromatic rings. The van der Waals surface area contributed by atoms with Crippen molar-refractivity contribution in [2.75, 3.05) is 9.80 Å². The zero-order chi connectivity index (χ0) is 23.6. The first-order valence-electron chi connectivity index (χ1n) is 11.8. The van der Waals surface area contributed by atoms with Crippen molar-refractivity contribution in [1.82, 2.24) is 19.9 Å². The van der Waals surface area contributed by atoms with E-state index in [0.717, 1.165) is 51.9 Å². The minimum Gasteiger partial charge on any atom is -0.302 e. The van der Waals surface area contributed by atoms with Gasteiger partial charge in [0.2, 0.25) is 0 Å². The van der Waals surface area contributed by atoms with Crippen molar-refractivity contribution in [2.24, 2.45) is 0 Å². The predicted octanol–water partition coefficient (Wildman–Crippen LogP) is 6.63. The first-order valence-corrected chi connectivity index (χ1v) is 11.8. The Morgan fingerprint density at radius 1 is 0.600 bits per heavy atom. The lowest BCUT2D eigenvalue weighted by Crippen LogP contribution is -2.37. The molecule has 0 unspecified atom stereocenters. The van der Waals surface area contributed by atoms with Crippen LogP contribution >= 0.6 is 0 Å². The van der Waals surface area contributed by atoms with Crippen molar-refractivity contribution in [3.05, 3.63) is 110 Å². The summed E-state index contributed by atoms with van der Waals surface area (Å²) in [6.45, 7) is 2.20. The van der Waals surface area contributed by atoms with E-state index in [-0.39, 0.29) is 6.17 Å². The summed E-state index contributed by atoms with van der Waals surface area (Å²) in [4.78, 5) is 23.9. The van der Waals surface area contributed by atoms with Gasteiger partial charge in [-0.25, -0.2) is 9.97 Å². The topological polar surface area (TPSA) is 58.0 Å². The minimum absolute atomic E-state index is 0.0284.